The summed E-state index contributed by atoms with van der Waals surface area (Å²) < 4.78 is 0. The lowest BCUT2D eigenvalue weighted by Crippen LogP contribution is -2.32. The average Bonchev–Trinajstić information content (AvgIpc) is 2.75. The van der Waals surface area contributed by atoms with Gasteiger partial charge in [0.1, 0.15) is 0 Å². The third-order valence-electron chi connectivity index (χ3n) is 6.03. The molecule has 5 nitrogen and oxygen atoms in total. The molecule has 166 valence electrons. The molecule has 3 N–H and O–H groups in total. The zero-order valence-corrected chi connectivity index (χ0v) is 19.3. The van der Waals surface area contributed by atoms with Crippen molar-refractivity contribution >= 4 is 40.8 Å². The summed E-state index contributed by atoms with van der Waals surface area (Å²) in [6.07, 6.45) is 3.04. The van der Waals surface area contributed by atoms with Crippen molar-refractivity contribution in [2.75, 3.05) is 11.9 Å². The van der Waals surface area contributed by atoms with Crippen LogP contribution in [0, 0.1) is 18.8 Å². The quantitative estimate of drug-likeness (QED) is 0.464. The molecule has 0 spiro atoms. The summed E-state index contributed by atoms with van der Waals surface area (Å²) in [4.78, 5) is 23.7. The molecular formula is C24H28Cl2N2O3. The highest BCUT2D eigenvalue weighted by Crippen LogP contribution is 2.30. The van der Waals surface area contributed by atoms with Crippen molar-refractivity contribution in [2.45, 2.75) is 45.6 Å². The van der Waals surface area contributed by atoms with Gasteiger partial charge in [-0.25, -0.2) is 0 Å². The Labute approximate surface area is 193 Å². The molecule has 7 heteroatoms. The first-order chi connectivity index (χ1) is 14.7. The Balaban J connectivity index is 1.57. The number of amides is 1. The van der Waals surface area contributed by atoms with E-state index < -0.39 is 5.97 Å². The Bertz CT molecular complexity index is 956. The molecule has 0 aliphatic heterocycles. The molecule has 1 saturated carbocycles. The highest BCUT2D eigenvalue weighted by atomic mass is 35.5. The molecule has 0 aromatic heterocycles. The van der Waals surface area contributed by atoms with Gasteiger partial charge in [-0.05, 0) is 93.0 Å². The number of benzene rings is 2. The number of carboxylic acids is 1. The van der Waals surface area contributed by atoms with E-state index >= 15 is 0 Å². The molecule has 0 bridgehead atoms. The maximum absolute atomic E-state index is 12.6. The van der Waals surface area contributed by atoms with Gasteiger partial charge in [0.25, 0.3) is 5.91 Å². The molecule has 2 aromatic carbocycles. The van der Waals surface area contributed by atoms with Crippen molar-refractivity contribution in [1.29, 1.82) is 0 Å². The van der Waals surface area contributed by atoms with Crippen molar-refractivity contribution in [2.24, 2.45) is 11.8 Å². The minimum atomic E-state index is -0.710. The van der Waals surface area contributed by atoms with Crippen LogP contribution >= 0.6 is 23.2 Å². The van der Waals surface area contributed by atoms with Crippen molar-refractivity contribution in [1.82, 2.24) is 5.32 Å². The molecule has 3 rings (SSSR count). The first-order valence-corrected chi connectivity index (χ1v) is 11.3. The second-order valence-electron chi connectivity index (χ2n) is 8.33. The van der Waals surface area contributed by atoms with Crippen LogP contribution < -0.4 is 10.6 Å². The molecule has 0 unspecified atom stereocenters. The van der Waals surface area contributed by atoms with Crippen LogP contribution in [0.4, 0.5) is 5.69 Å². The van der Waals surface area contributed by atoms with E-state index in [1.54, 1.807) is 18.2 Å². The standard InChI is InChI=1S/C24H28Cl2N2O3/c1-14-11-18(23(29)27-13-16-3-5-17(6-4-16)24(30)31)7-10-22(14)28-15(2)20-12-19(25)8-9-21(20)26/h7-12,15-17,28H,3-6,13H2,1-2H3,(H,27,29)(H,30,31)/t15-,16?,17?/m0/s1. The Morgan fingerprint density at radius 1 is 1.10 bits per heavy atom. The summed E-state index contributed by atoms with van der Waals surface area (Å²) in [7, 11) is 0. The van der Waals surface area contributed by atoms with Crippen molar-refractivity contribution in [3.05, 3.63) is 63.1 Å². The van der Waals surface area contributed by atoms with E-state index in [2.05, 4.69) is 10.6 Å². The van der Waals surface area contributed by atoms with Crippen LogP contribution in [-0.2, 0) is 4.79 Å². The van der Waals surface area contributed by atoms with E-state index in [1.807, 2.05) is 32.0 Å². The number of nitrogens with one attached hydrogen (secondary N) is 2. The highest BCUT2D eigenvalue weighted by molar-refractivity contribution is 6.33. The number of carbonyl (C=O) groups excluding carboxylic acids is 1. The van der Waals surface area contributed by atoms with Gasteiger partial charge in [-0.2, -0.15) is 0 Å². The van der Waals surface area contributed by atoms with E-state index in [0.29, 0.717) is 40.9 Å². The zero-order valence-electron chi connectivity index (χ0n) is 17.8. The van der Waals surface area contributed by atoms with Crippen LogP contribution in [-0.4, -0.2) is 23.5 Å². The van der Waals surface area contributed by atoms with E-state index in [9.17, 15) is 9.59 Å². The van der Waals surface area contributed by atoms with Crippen molar-refractivity contribution in [3.63, 3.8) is 0 Å². The summed E-state index contributed by atoms with van der Waals surface area (Å²) in [5.41, 5.74) is 3.40. The maximum atomic E-state index is 12.6. The van der Waals surface area contributed by atoms with E-state index in [0.717, 1.165) is 29.7 Å². The summed E-state index contributed by atoms with van der Waals surface area (Å²) in [6, 6.07) is 10.9. The summed E-state index contributed by atoms with van der Waals surface area (Å²) in [6.45, 7) is 4.55. The monoisotopic (exact) mass is 462 g/mol. The number of hydrogen-bond donors (Lipinski definition) is 3. The van der Waals surface area contributed by atoms with Crippen LogP contribution in [0.25, 0.3) is 0 Å². The summed E-state index contributed by atoms with van der Waals surface area (Å²) >= 11 is 12.4. The molecule has 1 fully saturated rings. The van der Waals surface area contributed by atoms with Gasteiger partial charge >= 0.3 is 5.97 Å². The molecule has 0 heterocycles. The lowest BCUT2D eigenvalue weighted by molar-refractivity contribution is -0.143. The first kappa shape index (κ1) is 23.4. The fourth-order valence-corrected chi connectivity index (χ4v) is 4.54. The average molecular weight is 463 g/mol. The topological polar surface area (TPSA) is 78.4 Å². The highest BCUT2D eigenvalue weighted by Gasteiger charge is 2.26. The van der Waals surface area contributed by atoms with Gasteiger partial charge in [-0.3, -0.25) is 9.59 Å². The van der Waals surface area contributed by atoms with Crippen molar-refractivity contribution < 1.29 is 14.7 Å². The SMILES string of the molecule is Cc1cc(C(=O)NCC2CCC(C(=O)O)CC2)ccc1N[C@@H](C)c1cc(Cl)ccc1Cl. The van der Waals surface area contributed by atoms with Crippen LogP contribution in [0.5, 0.6) is 0 Å². The van der Waals surface area contributed by atoms with E-state index in [-0.39, 0.29) is 17.9 Å². The van der Waals surface area contributed by atoms with Gasteiger partial charge in [0.15, 0.2) is 0 Å². The van der Waals surface area contributed by atoms with E-state index in [4.69, 9.17) is 28.3 Å². The van der Waals surface area contributed by atoms with Gasteiger partial charge in [-0.1, -0.05) is 23.2 Å². The molecule has 1 aliphatic rings. The molecular weight excluding hydrogens is 435 g/mol. The Morgan fingerprint density at radius 2 is 1.81 bits per heavy atom. The molecule has 31 heavy (non-hydrogen) atoms. The zero-order chi connectivity index (χ0) is 22.5. The minimum Gasteiger partial charge on any atom is -0.481 e. The molecule has 0 saturated heterocycles. The molecule has 2 aromatic rings. The minimum absolute atomic E-state index is 0.0505. The number of anilines is 1. The number of rotatable bonds is 7. The number of carbonyl (C=O) groups is 2. The number of halogens is 2. The van der Waals surface area contributed by atoms with Gasteiger partial charge in [0.05, 0.1) is 12.0 Å². The van der Waals surface area contributed by atoms with Crippen LogP contribution in [0.3, 0.4) is 0 Å². The Morgan fingerprint density at radius 3 is 2.45 bits per heavy atom. The van der Waals surface area contributed by atoms with Crippen molar-refractivity contribution in [3.8, 4) is 0 Å². The molecule has 0 radical (unpaired) electrons. The maximum Gasteiger partial charge on any atom is 0.306 e. The van der Waals surface area contributed by atoms with Gasteiger partial charge in [-0.15, -0.1) is 0 Å². The Kier molecular flexibility index (Phi) is 7.84. The largest absolute Gasteiger partial charge is 0.481 e. The fourth-order valence-electron chi connectivity index (χ4n) is 4.08. The van der Waals surface area contributed by atoms with Crippen LogP contribution in [0.15, 0.2) is 36.4 Å². The second kappa shape index (κ2) is 10.4. The smallest absolute Gasteiger partial charge is 0.306 e. The normalized spacial score (nSPS) is 19.5. The summed E-state index contributed by atoms with van der Waals surface area (Å²) in [5, 5.41) is 16.8. The predicted octanol–water partition coefficient (Wildman–Crippen LogP) is 6.10. The second-order valence-corrected chi connectivity index (χ2v) is 9.17. The first-order valence-electron chi connectivity index (χ1n) is 10.6. The van der Waals surface area contributed by atoms with Crippen LogP contribution in [0.1, 0.15) is 60.1 Å². The fraction of sp³-hybridized carbons (Fsp3) is 0.417. The number of aliphatic carboxylic acids is 1. The van der Waals surface area contributed by atoms with E-state index in [1.165, 1.54) is 0 Å². The molecule has 1 atom stereocenters. The number of carboxylic acid groups (broad SMARTS) is 1. The number of aryl methyl sites for hydroxylation is 1. The Hall–Kier alpha value is -2.24. The number of hydrogen-bond acceptors (Lipinski definition) is 3. The third kappa shape index (κ3) is 6.14. The lowest BCUT2D eigenvalue weighted by Gasteiger charge is -2.26. The third-order valence-corrected chi connectivity index (χ3v) is 6.61. The van der Waals surface area contributed by atoms with Gasteiger partial charge in [0.2, 0.25) is 0 Å². The molecule has 1 aliphatic carbocycles. The van der Waals surface area contributed by atoms with Crippen LogP contribution in [0.2, 0.25) is 10.0 Å². The van der Waals surface area contributed by atoms with Gasteiger partial charge in [0, 0.05) is 27.8 Å². The summed E-state index contributed by atoms with van der Waals surface area (Å²) in [5.74, 6) is -0.719. The lowest BCUT2D eigenvalue weighted by atomic mass is 9.82. The predicted molar refractivity (Wildman–Crippen MR) is 125 cm³/mol. The molecule has 1 amide bonds. The van der Waals surface area contributed by atoms with Gasteiger partial charge < -0.3 is 15.7 Å².